The highest BCUT2D eigenvalue weighted by molar-refractivity contribution is 6.58. The average molecular weight is 477 g/mol. The molecule has 4 N–H and O–H groups in total. The van der Waals surface area contributed by atoms with E-state index in [0.29, 0.717) is 17.5 Å². The summed E-state index contributed by atoms with van der Waals surface area (Å²) >= 11 is 0. The molecule has 0 aromatic heterocycles. The summed E-state index contributed by atoms with van der Waals surface area (Å²) in [5.74, 6) is -2.52. The topological polar surface area (TPSA) is 137 Å². The molecule has 0 spiro atoms. The quantitative estimate of drug-likeness (QED) is 0.357. The van der Waals surface area contributed by atoms with Crippen molar-refractivity contribution in [2.75, 3.05) is 18.6 Å². The second-order valence-corrected chi connectivity index (χ2v) is 9.22. The van der Waals surface area contributed by atoms with E-state index in [2.05, 4.69) is 0 Å². The highest BCUT2D eigenvalue weighted by Gasteiger charge is 2.58. The Kier molecular flexibility index (Phi) is 6.28. The van der Waals surface area contributed by atoms with Crippen LogP contribution in [-0.2, 0) is 19.0 Å². The van der Waals surface area contributed by atoms with Gasteiger partial charge in [0.15, 0.2) is 0 Å². The number of anilines is 1. The second-order valence-electron chi connectivity index (χ2n) is 9.22. The molecule has 0 bridgehead atoms. The summed E-state index contributed by atoms with van der Waals surface area (Å²) in [6.07, 6.45) is 0.00967. The van der Waals surface area contributed by atoms with Crippen molar-refractivity contribution in [3.63, 3.8) is 0 Å². The highest BCUT2D eigenvalue weighted by Crippen LogP contribution is 2.52. The van der Waals surface area contributed by atoms with Crippen molar-refractivity contribution in [2.24, 2.45) is 17.8 Å². The van der Waals surface area contributed by atoms with Gasteiger partial charge in [-0.25, -0.2) is 0 Å². The molecule has 9 nitrogen and oxygen atoms in total. The van der Waals surface area contributed by atoms with Gasteiger partial charge in [-0.3, -0.25) is 14.5 Å². The molecule has 11 heteroatoms. The van der Waals surface area contributed by atoms with Crippen molar-refractivity contribution >= 4 is 37.2 Å². The number of allylic oxidation sites excluding steroid dienone is 1. The smallest absolute Gasteiger partial charge is 0.488 e. The Bertz CT molecular complexity index is 1200. The van der Waals surface area contributed by atoms with Gasteiger partial charge in [0.25, 0.3) is 0 Å². The molecule has 180 valence electrons. The summed E-state index contributed by atoms with van der Waals surface area (Å²) in [5.41, 5.74) is 2.42. The first kappa shape index (κ1) is 23.8. The minimum absolute atomic E-state index is 0.0627. The Morgan fingerprint density at radius 1 is 1.11 bits per heavy atom. The zero-order chi connectivity index (χ0) is 24.9. The maximum Gasteiger partial charge on any atom is 0.488 e. The van der Waals surface area contributed by atoms with E-state index in [9.17, 15) is 29.8 Å². The minimum atomic E-state index is -1.74. The summed E-state index contributed by atoms with van der Waals surface area (Å²) < 4.78 is 11.3. The normalized spacial score (nSPS) is 26.2. The molecule has 0 radical (unpaired) electrons. The number of aromatic hydroxyl groups is 1. The Hall–Kier alpha value is -2.95. The summed E-state index contributed by atoms with van der Waals surface area (Å²) in [7, 11) is -1.49. The van der Waals surface area contributed by atoms with Gasteiger partial charge in [0.2, 0.25) is 11.8 Å². The molecule has 0 saturated carbocycles. The van der Waals surface area contributed by atoms with Gasteiger partial charge < -0.3 is 29.6 Å². The monoisotopic (exact) mass is 477 g/mol. The van der Waals surface area contributed by atoms with Crippen LogP contribution < -0.4 is 10.4 Å². The van der Waals surface area contributed by atoms with Gasteiger partial charge in [0.1, 0.15) is 5.75 Å². The maximum absolute atomic E-state index is 13.7. The number of nitrogens with zero attached hydrogens (tertiary/aromatic N) is 1. The molecule has 1 aliphatic carbocycles. The number of phenolic OH excluding ortho intramolecular Hbond substituents is 1. The van der Waals surface area contributed by atoms with Crippen LogP contribution in [0.25, 0.3) is 0 Å². The Morgan fingerprint density at radius 2 is 1.89 bits per heavy atom. The molecular formula is C24H25B2NO8. The van der Waals surface area contributed by atoms with Crippen molar-refractivity contribution in [1.29, 1.82) is 0 Å². The average Bonchev–Trinajstić information content (AvgIpc) is 3.08. The number of benzene rings is 2. The lowest BCUT2D eigenvalue weighted by Crippen LogP contribution is -2.45. The van der Waals surface area contributed by atoms with Crippen LogP contribution in [0.2, 0.25) is 0 Å². The molecule has 2 amide bonds. The number of ether oxygens (including phenoxy) is 1. The molecule has 4 atom stereocenters. The summed E-state index contributed by atoms with van der Waals surface area (Å²) in [4.78, 5) is 28.4. The van der Waals surface area contributed by atoms with Gasteiger partial charge in [0, 0.05) is 7.11 Å². The number of methoxy groups -OCH3 is 1. The zero-order valence-corrected chi connectivity index (χ0v) is 19.1. The van der Waals surface area contributed by atoms with E-state index in [1.165, 1.54) is 25.3 Å². The Labute approximate surface area is 202 Å². The number of carbonyl (C=O) groups is 2. The standard InChI is InChI=1S/C24H25B2NO8/c1-34-12-14-9-19-21(24(30)27(23(19)29)16-6-3-5-15(10-16)25(31)32)18-11-20(35-26(33)22(14)18)13-4-2-7-17(28)8-13/h2-8,10,18-21,28,31-33H,9,11-12H2,1H3/t18-,19-,20-,21+/m0/s1. The molecule has 2 fully saturated rings. The van der Waals surface area contributed by atoms with Gasteiger partial charge >= 0.3 is 14.2 Å². The molecule has 3 aliphatic rings. The molecule has 35 heavy (non-hydrogen) atoms. The van der Waals surface area contributed by atoms with Crippen LogP contribution in [0, 0.1) is 17.8 Å². The fourth-order valence-corrected chi connectivity index (χ4v) is 5.74. The third-order valence-corrected chi connectivity index (χ3v) is 7.20. The largest absolute Gasteiger partial charge is 0.508 e. The maximum atomic E-state index is 13.7. The molecule has 2 heterocycles. The lowest BCUT2D eigenvalue weighted by molar-refractivity contribution is -0.123. The van der Waals surface area contributed by atoms with Crippen LogP contribution in [0.1, 0.15) is 24.5 Å². The predicted molar refractivity (Wildman–Crippen MR) is 127 cm³/mol. The van der Waals surface area contributed by atoms with Crippen molar-refractivity contribution in [3.05, 3.63) is 65.1 Å². The van der Waals surface area contributed by atoms with Crippen LogP contribution in [0.4, 0.5) is 5.69 Å². The van der Waals surface area contributed by atoms with Crippen LogP contribution in [0.15, 0.2) is 59.6 Å². The SMILES string of the molecule is COCC1=C2B(O)O[C@H](c3cccc(O)c3)C[C@H]2[C@H]2C(=O)N(c3cccc(B(O)O)c3)C(=O)[C@H]2C1. The number of rotatable bonds is 5. The third-order valence-electron chi connectivity index (χ3n) is 7.20. The second kappa shape index (κ2) is 9.25. The molecule has 2 aromatic rings. The summed E-state index contributed by atoms with van der Waals surface area (Å²) in [6.45, 7) is 0.194. The van der Waals surface area contributed by atoms with Gasteiger partial charge in [-0.1, -0.05) is 24.3 Å². The number of imide groups is 1. The van der Waals surface area contributed by atoms with Crippen molar-refractivity contribution in [1.82, 2.24) is 0 Å². The molecule has 0 unspecified atom stereocenters. The van der Waals surface area contributed by atoms with Gasteiger partial charge in [-0.2, -0.15) is 0 Å². The van der Waals surface area contributed by atoms with E-state index in [-0.39, 0.29) is 35.8 Å². The number of phenols is 1. The first-order chi connectivity index (χ1) is 16.8. The van der Waals surface area contributed by atoms with E-state index in [4.69, 9.17) is 9.39 Å². The Morgan fingerprint density at radius 3 is 2.60 bits per heavy atom. The summed E-state index contributed by atoms with van der Waals surface area (Å²) in [6, 6.07) is 12.6. The molecule has 2 aromatic carbocycles. The van der Waals surface area contributed by atoms with Gasteiger partial charge in [-0.15, -0.1) is 0 Å². The number of amides is 2. The first-order valence-corrected chi connectivity index (χ1v) is 11.5. The lowest BCUT2D eigenvalue weighted by Gasteiger charge is -2.42. The number of carbonyl (C=O) groups excluding carboxylic acids is 2. The molecular weight excluding hydrogens is 452 g/mol. The Balaban J connectivity index is 1.54. The van der Waals surface area contributed by atoms with Crippen LogP contribution in [0.3, 0.4) is 0 Å². The minimum Gasteiger partial charge on any atom is -0.508 e. The van der Waals surface area contributed by atoms with Crippen molar-refractivity contribution in [3.8, 4) is 5.75 Å². The predicted octanol–water partition coefficient (Wildman–Crippen LogP) is 0.322. The van der Waals surface area contributed by atoms with Gasteiger partial charge in [-0.05, 0) is 65.1 Å². The third kappa shape index (κ3) is 4.09. The van der Waals surface area contributed by atoms with E-state index in [1.54, 1.807) is 30.3 Å². The molecule has 2 saturated heterocycles. The van der Waals surface area contributed by atoms with Crippen LogP contribution in [-0.4, -0.2) is 59.9 Å². The van der Waals surface area contributed by atoms with E-state index in [1.807, 2.05) is 0 Å². The van der Waals surface area contributed by atoms with E-state index >= 15 is 0 Å². The summed E-state index contributed by atoms with van der Waals surface area (Å²) in [5, 5.41) is 40.0. The van der Waals surface area contributed by atoms with Gasteiger partial charge in [0.05, 0.1) is 30.2 Å². The number of hydrogen-bond donors (Lipinski definition) is 4. The number of fused-ring (bicyclic) bond motifs is 3. The van der Waals surface area contributed by atoms with E-state index in [0.717, 1.165) is 10.5 Å². The fraction of sp³-hybridized carbons (Fsp3) is 0.333. The highest BCUT2D eigenvalue weighted by atomic mass is 16.5. The van der Waals surface area contributed by atoms with Crippen molar-refractivity contribution in [2.45, 2.75) is 18.9 Å². The van der Waals surface area contributed by atoms with Crippen LogP contribution >= 0.6 is 0 Å². The first-order valence-electron chi connectivity index (χ1n) is 11.5. The lowest BCUT2D eigenvalue weighted by atomic mass is 9.55. The molecule has 2 aliphatic heterocycles. The van der Waals surface area contributed by atoms with Crippen LogP contribution in [0.5, 0.6) is 5.75 Å². The van der Waals surface area contributed by atoms with E-state index < -0.39 is 44.0 Å². The fourth-order valence-electron chi connectivity index (χ4n) is 5.74. The zero-order valence-electron chi connectivity index (χ0n) is 19.1. The molecule has 5 rings (SSSR count). The number of hydrogen-bond acceptors (Lipinski definition) is 8. The van der Waals surface area contributed by atoms with Crippen molar-refractivity contribution < 1.29 is 39.2 Å².